The van der Waals surface area contributed by atoms with Crippen LogP contribution in [0.25, 0.3) is 10.9 Å². The van der Waals surface area contributed by atoms with Gasteiger partial charge in [-0.3, -0.25) is 9.59 Å². The molecule has 1 aromatic heterocycles. The lowest BCUT2D eigenvalue weighted by molar-refractivity contribution is -0.125. The normalized spacial score (nSPS) is 15.7. The number of benzene rings is 2. The summed E-state index contributed by atoms with van der Waals surface area (Å²) in [6.07, 6.45) is 2.18. The largest absolute Gasteiger partial charge is 0.348 e. The molecule has 1 fully saturated rings. The SMILES string of the molecule is C[C@H](NC(=O)C(CC1CC1)n1c(=O)[nH]c2ccccc2c1=O)c1ccc(F)cc1F. The Morgan fingerprint density at radius 2 is 1.93 bits per heavy atom. The van der Waals surface area contributed by atoms with Crippen molar-refractivity contribution in [1.29, 1.82) is 0 Å². The average Bonchev–Trinajstić information content (AvgIpc) is 3.51. The number of para-hydroxylation sites is 1. The number of carbonyl (C=O) groups is 1. The van der Waals surface area contributed by atoms with E-state index >= 15 is 0 Å². The van der Waals surface area contributed by atoms with Crippen LogP contribution in [0.2, 0.25) is 0 Å². The molecule has 2 N–H and O–H groups in total. The molecule has 2 atom stereocenters. The summed E-state index contributed by atoms with van der Waals surface area (Å²) >= 11 is 0. The number of hydrogen-bond acceptors (Lipinski definition) is 3. The predicted octanol–water partition coefficient (Wildman–Crippen LogP) is 3.19. The number of nitrogens with one attached hydrogen (secondary N) is 2. The maximum atomic E-state index is 14.1. The van der Waals surface area contributed by atoms with E-state index < -0.39 is 40.9 Å². The van der Waals surface area contributed by atoms with Crippen LogP contribution in [0.3, 0.4) is 0 Å². The Kier molecular flexibility index (Phi) is 5.24. The van der Waals surface area contributed by atoms with Crippen molar-refractivity contribution in [3.05, 3.63) is 80.5 Å². The summed E-state index contributed by atoms with van der Waals surface area (Å²) in [5.41, 5.74) is -0.693. The van der Waals surface area contributed by atoms with Crippen LogP contribution in [0.5, 0.6) is 0 Å². The minimum absolute atomic E-state index is 0.120. The van der Waals surface area contributed by atoms with E-state index in [1.165, 1.54) is 6.07 Å². The third-order valence-electron chi connectivity index (χ3n) is 5.49. The highest BCUT2D eigenvalue weighted by atomic mass is 19.1. The Balaban J connectivity index is 1.69. The van der Waals surface area contributed by atoms with Crippen LogP contribution in [-0.2, 0) is 4.79 Å². The highest BCUT2D eigenvalue weighted by Gasteiger charge is 2.33. The molecule has 1 saturated carbocycles. The van der Waals surface area contributed by atoms with E-state index in [0.717, 1.165) is 29.5 Å². The highest BCUT2D eigenvalue weighted by Crippen LogP contribution is 2.36. The molecule has 1 heterocycles. The molecular formula is C22H21F2N3O3. The van der Waals surface area contributed by atoms with Gasteiger partial charge in [0.15, 0.2) is 0 Å². The zero-order chi connectivity index (χ0) is 21.4. The standard InChI is InChI=1S/C22H21F2N3O3/c1-12(15-9-8-14(23)11-17(15)24)25-20(28)19(10-13-6-7-13)27-21(29)16-4-2-3-5-18(16)26-22(27)30/h2-5,8-9,11-13,19H,6-7,10H2,1H3,(H,25,28)(H,26,30)/t12-,19?/m0/s1. The van der Waals surface area contributed by atoms with Gasteiger partial charge in [-0.2, -0.15) is 0 Å². The van der Waals surface area contributed by atoms with Crippen molar-refractivity contribution in [3.63, 3.8) is 0 Å². The first-order chi connectivity index (χ1) is 14.3. The summed E-state index contributed by atoms with van der Waals surface area (Å²) < 4.78 is 28.2. The van der Waals surface area contributed by atoms with Crippen LogP contribution in [0.1, 0.15) is 43.8 Å². The average molecular weight is 413 g/mol. The van der Waals surface area contributed by atoms with Gasteiger partial charge in [0, 0.05) is 11.6 Å². The smallest absolute Gasteiger partial charge is 0.329 e. The number of H-pyrrole nitrogens is 1. The lowest BCUT2D eigenvalue weighted by Gasteiger charge is -2.22. The van der Waals surface area contributed by atoms with Gasteiger partial charge in [0.25, 0.3) is 5.56 Å². The van der Waals surface area contributed by atoms with Crippen molar-refractivity contribution in [3.8, 4) is 0 Å². The van der Waals surface area contributed by atoms with Crippen LogP contribution >= 0.6 is 0 Å². The van der Waals surface area contributed by atoms with Crippen LogP contribution in [0.4, 0.5) is 8.78 Å². The van der Waals surface area contributed by atoms with Gasteiger partial charge in [-0.05, 0) is 37.5 Å². The number of hydrogen-bond donors (Lipinski definition) is 2. The summed E-state index contributed by atoms with van der Waals surface area (Å²) in [6, 6.07) is 7.93. The molecule has 3 aromatic rings. The molecule has 4 rings (SSSR count). The second kappa shape index (κ2) is 7.85. The molecule has 0 bridgehead atoms. The van der Waals surface area contributed by atoms with Gasteiger partial charge in [-0.25, -0.2) is 18.1 Å². The van der Waals surface area contributed by atoms with E-state index in [4.69, 9.17) is 0 Å². The first kappa shape index (κ1) is 20.0. The Hall–Kier alpha value is -3.29. The molecule has 0 spiro atoms. The quantitative estimate of drug-likeness (QED) is 0.651. The summed E-state index contributed by atoms with van der Waals surface area (Å²) in [6.45, 7) is 1.57. The third-order valence-corrected chi connectivity index (χ3v) is 5.49. The Morgan fingerprint density at radius 3 is 2.63 bits per heavy atom. The van der Waals surface area contributed by atoms with Crippen molar-refractivity contribution in [1.82, 2.24) is 14.9 Å². The number of aromatic nitrogens is 2. The van der Waals surface area contributed by atoms with Crippen molar-refractivity contribution < 1.29 is 13.6 Å². The van der Waals surface area contributed by atoms with Gasteiger partial charge < -0.3 is 10.3 Å². The molecule has 156 valence electrons. The molecule has 0 aliphatic heterocycles. The Morgan fingerprint density at radius 1 is 1.20 bits per heavy atom. The van der Waals surface area contributed by atoms with Gasteiger partial charge in [0.05, 0.1) is 16.9 Å². The number of carbonyl (C=O) groups excluding carboxylic acids is 1. The summed E-state index contributed by atoms with van der Waals surface area (Å²) in [5, 5.41) is 2.99. The molecule has 1 amide bonds. The van der Waals surface area contributed by atoms with E-state index in [-0.39, 0.29) is 11.5 Å². The maximum absolute atomic E-state index is 14.1. The predicted molar refractivity (Wildman–Crippen MR) is 108 cm³/mol. The van der Waals surface area contributed by atoms with Gasteiger partial charge in [-0.15, -0.1) is 0 Å². The van der Waals surface area contributed by atoms with E-state index in [0.29, 0.717) is 17.3 Å². The van der Waals surface area contributed by atoms with E-state index in [1.54, 1.807) is 31.2 Å². The molecule has 8 heteroatoms. The lowest BCUT2D eigenvalue weighted by Crippen LogP contribution is -2.45. The molecule has 1 unspecified atom stereocenters. The highest BCUT2D eigenvalue weighted by molar-refractivity contribution is 5.82. The second-order valence-corrected chi connectivity index (χ2v) is 7.74. The molecule has 2 aromatic carbocycles. The van der Waals surface area contributed by atoms with Crippen LogP contribution in [0, 0.1) is 17.6 Å². The Labute approximate surface area is 170 Å². The molecular weight excluding hydrogens is 392 g/mol. The molecule has 30 heavy (non-hydrogen) atoms. The van der Waals surface area contributed by atoms with Gasteiger partial charge in [0.2, 0.25) is 5.91 Å². The second-order valence-electron chi connectivity index (χ2n) is 7.74. The molecule has 0 radical (unpaired) electrons. The first-order valence-corrected chi connectivity index (χ1v) is 9.84. The zero-order valence-corrected chi connectivity index (χ0v) is 16.3. The molecule has 1 aliphatic carbocycles. The topological polar surface area (TPSA) is 84.0 Å². The Bertz CT molecular complexity index is 1230. The molecule has 1 aliphatic rings. The number of nitrogens with zero attached hydrogens (tertiary/aromatic N) is 1. The summed E-state index contributed by atoms with van der Waals surface area (Å²) in [4.78, 5) is 41.4. The van der Waals surface area contributed by atoms with E-state index in [9.17, 15) is 23.2 Å². The number of rotatable bonds is 6. The summed E-state index contributed by atoms with van der Waals surface area (Å²) in [7, 11) is 0. The van der Waals surface area contributed by atoms with Crippen molar-refractivity contribution >= 4 is 16.8 Å². The fourth-order valence-corrected chi connectivity index (χ4v) is 3.70. The fraction of sp³-hybridized carbons (Fsp3) is 0.318. The van der Waals surface area contributed by atoms with Crippen LogP contribution in [0.15, 0.2) is 52.1 Å². The lowest BCUT2D eigenvalue weighted by atomic mass is 10.0. The van der Waals surface area contributed by atoms with Crippen LogP contribution in [-0.4, -0.2) is 15.5 Å². The third kappa shape index (κ3) is 3.90. The minimum Gasteiger partial charge on any atom is -0.348 e. The number of halogens is 2. The molecule has 0 saturated heterocycles. The molecule has 6 nitrogen and oxygen atoms in total. The van der Waals surface area contributed by atoms with Crippen molar-refractivity contribution in [2.24, 2.45) is 5.92 Å². The van der Waals surface area contributed by atoms with Gasteiger partial charge in [0.1, 0.15) is 17.7 Å². The van der Waals surface area contributed by atoms with Gasteiger partial charge in [-0.1, -0.05) is 31.0 Å². The zero-order valence-electron chi connectivity index (χ0n) is 16.3. The van der Waals surface area contributed by atoms with E-state index in [1.807, 2.05) is 0 Å². The fourth-order valence-electron chi connectivity index (χ4n) is 3.70. The summed E-state index contributed by atoms with van der Waals surface area (Å²) in [5.74, 6) is -1.80. The first-order valence-electron chi connectivity index (χ1n) is 9.84. The van der Waals surface area contributed by atoms with E-state index in [2.05, 4.69) is 10.3 Å². The van der Waals surface area contributed by atoms with Crippen molar-refractivity contribution in [2.75, 3.05) is 0 Å². The number of aromatic amines is 1. The maximum Gasteiger partial charge on any atom is 0.329 e. The minimum atomic E-state index is -1.02. The number of amides is 1. The van der Waals surface area contributed by atoms with Crippen molar-refractivity contribution in [2.45, 2.75) is 38.3 Å². The van der Waals surface area contributed by atoms with Crippen LogP contribution < -0.4 is 16.6 Å². The van der Waals surface area contributed by atoms with Gasteiger partial charge >= 0.3 is 5.69 Å². The number of fused-ring (bicyclic) bond motifs is 1. The monoisotopic (exact) mass is 413 g/mol.